The van der Waals surface area contributed by atoms with Gasteiger partial charge in [-0.05, 0) is 55.5 Å². The summed E-state index contributed by atoms with van der Waals surface area (Å²) in [5, 5.41) is 10.0. The summed E-state index contributed by atoms with van der Waals surface area (Å²) in [4.78, 5) is 32.1. The van der Waals surface area contributed by atoms with Crippen LogP contribution in [0, 0.1) is 12.7 Å². The number of nitrogens with zero attached hydrogens (tertiary/aromatic N) is 4. The van der Waals surface area contributed by atoms with Crippen molar-refractivity contribution in [3.05, 3.63) is 73.8 Å². The Kier molecular flexibility index (Phi) is 7.58. The van der Waals surface area contributed by atoms with Gasteiger partial charge in [-0.1, -0.05) is 20.8 Å². The minimum Gasteiger partial charge on any atom is -0.333 e. The van der Waals surface area contributed by atoms with E-state index in [1.165, 1.54) is 22.0 Å². The number of amides is 1. The fraction of sp³-hybridized carbons (Fsp3) is 0.333. The molecule has 10 heteroatoms. The number of nitrogens with one attached hydrogen (secondary N) is 2. The molecule has 8 nitrogen and oxygen atoms in total. The number of halogens is 1. The fourth-order valence-corrected chi connectivity index (χ4v) is 5.31. The lowest BCUT2D eigenvalue weighted by Crippen LogP contribution is -2.21. The van der Waals surface area contributed by atoms with Crippen LogP contribution < -0.4 is 16.2 Å². The van der Waals surface area contributed by atoms with E-state index >= 15 is 0 Å². The number of thiophene rings is 1. The highest BCUT2D eigenvalue weighted by Gasteiger charge is 2.20. The molecule has 0 fully saturated rings. The first kappa shape index (κ1) is 26.3. The number of anilines is 3. The van der Waals surface area contributed by atoms with E-state index in [9.17, 15) is 14.0 Å². The maximum absolute atomic E-state index is 14.9. The van der Waals surface area contributed by atoms with Crippen LogP contribution in [0.2, 0.25) is 0 Å². The Morgan fingerprint density at radius 2 is 1.97 bits per heavy atom. The van der Waals surface area contributed by atoms with Crippen LogP contribution in [-0.2, 0) is 20.0 Å². The van der Waals surface area contributed by atoms with E-state index in [0.29, 0.717) is 39.8 Å². The fourth-order valence-electron chi connectivity index (χ4n) is 4.16. The second-order valence-electron chi connectivity index (χ2n) is 9.15. The molecule has 4 rings (SSSR count). The Balaban J connectivity index is 1.69. The molecule has 0 saturated heterocycles. The normalized spacial score (nSPS) is 11.2. The number of carbonyl (C=O) groups is 1. The summed E-state index contributed by atoms with van der Waals surface area (Å²) in [6.07, 6.45) is 5.83. The molecule has 0 unspecified atom stereocenters. The van der Waals surface area contributed by atoms with Gasteiger partial charge in [0.25, 0.3) is 11.5 Å². The largest absolute Gasteiger partial charge is 0.333 e. The zero-order valence-electron chi connectivity index (χ0n) is 21.8. The maximum Gasteiger partial charge on any atom is 0.293 e. The second-order valence-corrected chi connectivity index (χ2v) is 10.3. The van der Waals surface area contributed by atoms with Gasteiger partial charge in [-0.25, -0.2) is 9.37 Å². The average Bonchev–Trinajstić information content (AvgIpc) is 3.51. The van der Waals surface area contributed by atoms with E-state index in [-0.39, 0.29) is 23.0 Å². The van der Waals surface area contributed by atoms with Crippen molar-refractivity contribution in [3.63, 3.8) is 0 Å². The summed E-state index contributed by atoms with van der Waals surface area (Å²) in [7, 11) is 1.63. The topological polar surface area (TPSA) is 93.8 Å². The minimum atomic E-state index is -0.541. The summed E-state index contributed by atoms with van der Waals surface area (Å²) in [6, 6.07) is 4.80. The van der Waals surface area contributed by atoms with Crippen LogP contribution >= 0.6 is 11.3 Å². The van der Waals surface area contributed by atoms with Crippen molar-refractivity contribution in [3.8, 4) is 11.3 Å². The van der Waals surface area contributed by atoms with Crippen LogP contribution in [-0.4, -0.2) is 25.2 Å². The first-order valence-electron chi connectivity index (χ1n) is 12.2. The first-order valence-corrected chi connectivity index (χ1v) is 13.0. The summed E-state index contributed by atoms with van der Waals surface area (Å²) in [6.45, 7) is 10.6. The SMILES string of the molecule is CCc1sc(C(=O)Nc2c(F)ccc(-c3cn(C)c(=O)c(Nc4cnn(CC)c4)n3)c2C)cc1C(C)C. The molecule has 0 radical (unpaired) electrons. The van der Waals surface area contributed by atoms with Crippen molar-refractivity contribution >= 4 is 34.4 Å². The molecular formula is C27H31FN6O2S. The predicted octanol–water partition coefficient (Wildman–Crippen LogP) is 5.85. The standard InChI is InChI=1S/C27H31FN6O2S/c1-7-22-19(15(3)4)11-23(37-22)26(35)32-24-16(5)18(9-10-20(24)28)21-14-33(6)27(36)25(31-21)30-17-12-29-34(8-2)13-17/h9-15H,7-8H2,1-6H3,(H,30,31)(H,32,35). The third kappa shape index (κ3) is 5.34. The number of aromatic nitrogens is 4. The predicted molar refractivity (Wildman–Crippen MR) is 147 cm³/mol. The molecule has 1 aromatic carbocycles. The maximum atomic E-state index is 14.9. The molecule has 1 amide bonds. The van der Waals surface area contributed by atoms with E-state index in [4.69, 9.17) is 0 Å². The Morgan fingerprint density at radius 3 is 2.59 bits per heavy atom. The van der Waals surface area contributed by atoms with E-state index in [1.54, 1.807) is 43.3 Å². The van der Waals surface area contributed by atoms with Crippen molar-refractivity contribution in [2.24, 2.45) is 7.05 Å². The zero-order chi connectivity index (χ0) is 26.9. The lowest BCUT2D eigenvalue weighted by atomic mass is 10.0. The van der Waals surface area contributed by atoms with Crippen molar-refractivity contribution in [2.75, 3.05) is 10.6 Å². The molecular weight excluding hydrogens is 491 g/mol. The second kappa shape index (κ2) is 10.7. The van der Waals surface area contributed by atoms with Gasteiger partial charge in [0, 0.05) is 36.4 Å². The van der Waals surface area contributed by atoms with E-state index < -0.39 is 5.82 Å². The van der Waals surface area contributed by atoms with Crippen molar-refractivity contribution in [1.82, 2.24) is 19.3 Å². The Hall–Kier alpha value is -3.79. The number of rotatable bonds is 8. The van der Waals surface area contributed by atoms with Gasteiger partial charge in [0.15, 0.2) is 5.82 Å². The first-order chi connectivity index (χ1) is 17.6. The number of carbonyl (C=O) groups excluding carboxylic acids is 1. The molecule has 4 aromatic rings. The third-order valence-electron chi connectivity index (χ3n) is 6.23. The third-order valence-corrected chi connectivity index (χ3v) is 7.52. The number of benzene rings is 1. The monoisotopic (exact) mass is 522 g/mol. The van der Waals surface area contributed by atoms with E-state index in [2.05, 4.69) is 41.5 Å². The molecule has 194 valence electrons. The molecule has 0 aliphatic rings. The highest BCUT2D eigenvalue weighted by atomic mass is 32.1. The van der Waals surface area contributed by atoms with Crippen LogP contribution in [0.3, 0.4) is 0 Å². The van der Waals surface area contributed by atoms with Crippen molar-refractivity contribution in [1.29, 1.82) is 0 Å². The number of hydrogen-bond acceptors (Lipinski definition) is 6. The van der Waals surface area contributed by atoms with Crippen LogP contribution in [0.1, 0.15) is 59.3 Å². The van der Waals surface area contributed by atoms with Crippen molar-refractivity contribution < 1.29 is 9.18 Å². The molecule has 3 aromatic heterocycles. The summed E-state index contributed by atoms with van der Waals surface area (Å²) in [5.41, 5.74) is 3.13. The van der Waals surface area contributed by atoms with Gasteiger partial charge >= 0.3 is 0 Å². The van der Waals surface area contributed by atoms with Gasteiger partial charge in [0.1, 0.15) is 5.82 Å². The molecule has 3 heterocycles. The summed E-state index contributed by atoms with van der Waals surface area (Å²) < 4.78 is 18.1. The highest BCUT2D eigenvalue weighted by Crippen LogP contribution is 2.33. The lowest BCUT2D eigenvalue weighted by molar-refractivity contribution is 0.103. The number of aryl methyl sites for hydroxylation is 3. The van der Waals surface area contributed by atoms with Gasteiger partial charge in [0.2, 0.25) is 0 Å². The van der Waals surface area contributed by atoms with E-state index in [0.717, 1.165) is 16.9 Å². The minimum absolute atomic E-state index is 0.0921. The molecule has 0 saturated carbocycles. The molecule has 37 heavy (non-hydrogen) atoms. The van der Waals surface area contributed by atoms with Gasteiger partial charge in [-0.3, -0.25) is 14.3 Å². The molecule has 0 aliphatic carbocycles. The highest BCUT2D eigenvalue weighted by molar-refractivity contribution is 7.14. The van der Waals surface area contributed by atoms with Gasteiger partial charge in [0.05, 0.1) is 28.1 Å². The van der Waals surface area contributed by atoms with Crippen molar-refractivity contribution in [2.45, 2.75) is 53.5 Å². The molecule has 0 spiro atoms. The Bertz CT molecular complexity index is 1520. The molecule has 0 atom stereocenters. The Morgan fingerprint density at radius 1 is 1.22 bits per heavy atom. The van der Waals surface area contributed by atoms with E-state index in [1.807, 2.05) is 13.0 Å². The quantitative estimate of drug-likeness (QED) is 0.303. The van der Waals surface area contributed by atoms with Crippen LogP contribution in [0.25, 0.3) is 11.3 Å². The van der Waals surface area contributed by atoms with Crippen LogP contribution in [0.4, 0.5) is 21.6 Å². The summed E-state index contributed by atoms with van der Waals surface area (Å²) >= 11 is 1.44. The Labute approximate surface area is 219 Å². The lowest BCUT2D eigenvalue weighted by Gasteiger charge is -2.15. The van der Waals surface area contributed by atoms with Crippen LogP contribution in [0.5, 0.6) is 0 Å². The number of hydrogen-bond donors (Lipinski definition) is 2. The van der Waals surface area contributed by atoms with Gasteiger partial charge in [-0.15, -0.1) is 11.3 Å². The smallest absolute Gasteiger partial charge is 0.293 e. The van der Waals surface area contributed by atoms with Crippen LogP contribution in [0.15, 0.2) is 41.6 Å². The zero-order valence-corrected chi connectivity index (χ0v) is 22.7. The molecule has 0 aliphatic heterocycles. The van der Waals surface area contributed by atoms with Gasteiger partial charge < -0.3 is 15.2 Å². The summed E-state index contributed by atoms with van der Waals surface area (Å²) in [5.74, 6) is -0.475. The average molecular weight is 523 g/mol. The molecule has 0 bridgehead atoms. The van der Waals surface area contributed by atoms with Gasteiger partial charge in [-0.2, -0.15) is 5.10 Å². The molecule has 2 N–H and O–H groups in total.